The summed E-state index contributed by atoms with van der Waals surface area (Å²) in [5, 5.41) is 0. The van der Waals surface area contributed by atoms with Crippen LogP contribution < -0.4 is 0 Å². The number of hydrogen-bond donors (Lipinski definition) is 0. The van der Waals surface area contributed by atoms with E-state index in [1.807, 2.05) is 97.1 Å². The first kappa shape index (κ1) is 20.6. The summed E-state index contributed by atoms with van der Waals surface area (Å²) in [6, 6.07) is 28.9. The molecule has 5 heteroatoms. The molecule has 1 aliphatic heterocycles. The van der Waals surface area contributed by atoms with Crippen LogP contribution in [0.15, 0.2) is 102 Å². The van der Waals surface area contributed by atoms with Gasteiger partial charge in [0.2, 0.25) is 5.90 Å². The Morgan fingerprint density at radius 1 is 0.871 bits per heavy atom. The van der Waals surface area contributed by atoms with E-state index in [4.69, 9.17) is 9.47 Å². The summed E-state index contributed by atoms with van der Waals surface area (Å²) in [6.45, 7) is 0.360. The number of nitrogens with zero attached hydrogens (tertiary/aromatic N) is 2. The average molecular weight is 412 g/mol. The summed E-state index contributed by atoms with van der Waals surface area (Å²) < 4.78 is 11.5. The van der Waals surface area contributed by atoms with Gasteiger partial charge in [-0.2, -0.15) is 0 Å². The number of carbonyl (C=O) groups excluding carboxylic acids is 1. The number of ether oxygens (including phenoxy) is 2. The number of carbonyl (C=O) groups is 1. The standard InChI is InChI=1S/C26H24N2O3/c1-30-24-23(18-20-12-6-3-7-13-20)28(19-21-14-8-4-9-15-21)25(29)26(27-24,31-2)22-16-10-5-11-17-22/h3-18H,19H2,1-2H3/b23-18+. The minimum atomic E-state index is -1.52. The Labute approximate surface area is 182 Å². The Morgan fingerprint density at radius 2 is 1.45 bits per heavy atom. The fourth-order valence-corrected chi connectivity index (χ4v) is 3.68. The second-order valence-electron chi connectivity index (χ2n) is 7.15. The van der Waals surface area contributed by atoms with Crippen molar-refractivity contribution in [1.82, 2.24) is 4.90 Å². The van der Waals surface area contributed by atoms with Crippen molar-refractivity contribution in [3.8, 4) is 0 Å². The molecule has 156 valence electrons. The lowest BCUT2D eigenvalue weighted by Gasteiger charge is -2.39. The Balaban J connectivity index is 1.90. The molecule has 1 heterocycles. The Morgan fingerprint density at radius 3 is 2.03 bits per heavy atom. The van der Waals surface area contributed by atoms with E-state index in [0.29, 0.717) is 23.7 Å². The highest BCUT2D eigenvalue weighted by molar-refractivity contribution is 6.07. The third kappa shape index (κ3) is 4.00. The highest BCUT2D eigenvalue weighted by Gasteiger charge is 2.49. The second kappa shape index (κ2) is 8.98. The molecule has 0 aromatic heterocycles. The fraction of sp³-hybridized carbons (Fsp3) is 0.154. The van der Waals surface area contributed by atoms with Crippen LogP contribution in [0.5, 0.6) is 0 Å². The van der Waals surface area contributed by atoms with Gasteiger partial charge in [0.25, 0.3) is 11.6 Å². The summed E-state index contributed by atoms with van der Waals surface area (Å²) in [4.78, 5) is 20.3. The quantitative estimate of drug-likeness (QED) is 0.615. The van der Waals surface area contributed by atoms with E-state index in [-0.39, 0.29) is 5.91 Å². The maximum atomic E-state index is 13.9. The molecule has 0 bridgehead atoms. The molecule has 0 fully saturated rings. The Hall–Kier alpha value is -3.70. The van der Waals surface area contributed by atoms with Gasteiger partial charge in [-0.05, 0) is 17.2 Å². The van der Waals surface area contributed by atoms with E-state index in [1.54, 1.807) is 12.0 Å². The van der Waals surface area contributed by atoms with Gasteiger partial charge in [0.15, 0.2) is 0 Å². The molecule has 0 N–H and O–H groups in total. The number of aliphatic imine (C=N–C) groups is 1. The van der Waals surface area contributed by atoms with E-state index in [1.165, 1.54) is 7.11 Å². The summed E-state index contributed by atoms with van der Waals surface area (Å²) in [7, 11) is 3.05. The number of rotatable bonds is 5. The summed E-state index contributed by atoms with van der Waals surface area (Å²) in [5.41, 5.74) is 1.65. The minimum Gasteiger partial charge on any atom is -0.480 e. The molecule has 5 nitrogen and oxygen atoms in total. The molecular formula is C26H24N2O3. The number of methoxy groups -OCH3 is 2. The molecule has 1 amide bonds. The van der Waals surface area contributed by atoms with E-state index in [2.05, 4.69) is 4.99 Å². The summed E-state index contributed by atoms with van der Waals surface area (Å²) >= 11 is 0. The van der Waals surface area contributed by atoms with Crippen LogP contribution in [0.25, 0.3) is 6.08 Å². The van der Waals surface area contributed by atoms with Crippen molar-refractivity contribution in [3.63, 3.8) is 0 Å². The van der Waals surface area contributed by atoms with E-state index >= 15 is 0 Å². The van der Waals surface area contributed by atoms with Crippen LogP contribution in [0.2, 0.25) is 0 Å². The molecule has 0 spiro atoms. The lowest BCUT2D eigenvalue weighted by molar-refractivity contribution is -0.155. The fourth-order valence-electron chi connectivity index (χ4n) is 3.68. The molecule has 1 aliphatic rings. The first-order valence-corrected chi connectivity index (χ1v) is 10.1. The van der Waals surface area contributed by atoms with Crippen LogP contribution in [-0.2, 0) is 26.5 Å². The molecule has 3 aromatic carbocycles. The number of benzene rings is 3. The van der Waals surface area contributed by atoms with Crippen molar-refractivity contribution in [2.75, 3.05) is 14.2 Å². The monoisotopic (exact) mass is 412 g/mol. The molecule has 0 aliphatic carbocycles. The Bertz CT molecular complexity index is 1100. The van der Waals surface area contributed by atoms with Gasteiger partial charge in [0, 0.05) is 12.7 Å². The molecule has 4 rings (SSSR count). The highest BCUT2D eigenvalue weighted by Crippen LogP contribution is 2.37. The predicted molar refractivity (Wildman–Crippen MR) is 121 cm³/mol. The van der Waals surface area contributed by atoms with Crippen LogP contribution in [0.3, 0.4) is 0 Å². The van der Waals surface area contributed by atoms with Crippen molar-refractivity contribution in [2.45, 2.75) is 12.3 Å². The van der Waals surface area contributed by atoms with Gasteiger partial charge >= 0.3 is 0 Å². The van der Waals surface area contributed by atoms with Crippen LogP contribution in [-0.4, -0.2) is 30.9 Å². The van der Waals surface area contributed by atoms with Gasteiger partial charge in [0.05, 0.1) is 13.7 Å². The van der Waals surface area contributed by atoms with Crippen LogP contribution in [0, 0.1) is 0 Å². The van der Waals surface area contributed by atoms with Crippen molar-refractivity contribution in [3.05, 3.63) is 113 Å². The lowest BCUT2D eigenvalue weighted by atomic mass is 9.98. The largest absolute Gasteiger partial charge is 0.480 e. The smallest absolute Gasteiger partial charge is 0.287 e. The Kier molecular flexibility index (Phi) is 5.96. The van der Waals surface area contributed by atoms with Gasteiger partial charge in [-0.25, -0.2) is 4.99 Å². The van der Waals surface area contributed by atoms with E-state index in [9.17, 15) is 4.79 Å². The van der Waals surface area contributed by atoms with Crippen molar-refractivity contribution >= 4 is 17.9 Å². The topological polar surface area (TPSA) is 51.1 Å². The SMILES string of the molecule is COC1=NC(OC)(c2ccccc2)C(=O)N(Cc2ccccc2)/C1=C/c1ccccc1. The normalized spacial score (nSPS) is 19.9. The molecule has 3 aromatic rings. The first-order chi connectivity index (χ1) is 15.2. The molecule has 1 unspecified atom stereocenters. The molecule has 1 atom stereocenters. The maximum Gasteiger partial charge on any atom is 0.287 e. The summed E-state index contributed by atoms with van der Waals surface area (Å²) in [5.74, 6) is 0.0677. The molecule has 0 saturated carbocycles. The van der Waals surface area contributed by atoms with Gasteiger partial charge < -0.3 is 9.47 Å². The first-order valence-electron chi connectivity index (χ1n) is 10.1. The van der Waals surface area contributed by atoms with Crippen LogP contribution in [0.1, 0.15) is 16.7 Å². The zero-order valence-corrected chi connectivity index (χ0v) is 17.6. The van der Waals surface area contributed by atoms with Gasteiger partial charge in [0.1, 0.15) is 5.70 Å². The molecular weight excluding hydrogens is 388 g/mol. The molecule has 31 heavy (non-hydrogen) atoms. The third-order valence-corrected chi connectivity index (χ3v) is 5.24. The maximum absolute atomic E-state index is 13.9. The lowest BCUT2D eigenvalue weighted by Crippen LogP contribution is -2.52. The van der Waals surface area contributed by atoms with Crippen molar-refractivity contribution < 1.29 is 14.3 Å². The minimum absolute atomic E-state index is 0.270. The number of amides is 1. The third-order valence-electron chi connectivity index (χ3n) is 5.24. The van der Waals surface area contributed by atoms with Crippen molar-refractivity contribution in [1.29, 1.82) is 0 Å². The average Bonchev–Trinajstić information content (AvgIpc) is 2.84. The number of hydrogen-bond acceptors (Lipinski definition) is 4. The van der Waals surface area contributed by atoms with E-state index in [0.717, 1.165) is 11.1 Å². The van der Waals surface area contributed by atoms with Crippen LogP contribution >= 0.6 is 0 Å². The van der Waals surface area contributed by atoms with Gasteiger partial charge in [-0.3, -0.25) is 9.69 Å². The predicted octanol–water partition coefficient (Wildman–Crippen LogP) is 4.61. The van der Waals surface area contributed by atoms with Gasteiger partial charge in [-0.1, -0.05) is 91.0 Å². The second-order valence-corrected chi connectivity index (χ2v) is 7.15. The van der Waals surface area contributed by atoms with Gasteiger partial charge in [-0.15, -0.1) is 0 Å². The van der Waals surface area contributed by atoms with Crippen LogP contribution in [0.4, 0.5) is 0 Å². The molecule has 0 radical (unpaired) electrons. The molecule has 0 saturated heterocycles. The highest BCUT2D eigenvalue weighted by atomic mass is 16.5. The van der Waals surface area contributed by atoms with E-state index < -0.39 is 5.72 Å². The summed E-state index contributed by atoms with van der Waals surface area (Å²) in [6.07, 6.45) is 1.91. The zero-order valence-electron chi connectivity index (χ0n) is 17.6. The van der Waals surface area contributed by atoms with Crippen molar-refractivity contribution in [2.24, 2.45) is 4.99 Å². The zero-order chi connectivity index (χ0) is 21.7.